The van der Waals surface area contributed by atoms with E-state index in [4.69, 9.17) is 9.47 Å². The molecule has 0 saturated heterocycles. The van der Waals surface area contributed by atoms with Gasteiger partial charge >= 0.3 is 0 Å². The first kappa shape index (κ1) is 24.6. The average Bonchev–Trinajstić information content (AvgIpc) is 2.57. The number of halogens is 2. The molecule has 0 unspecified atom stereocenters. The quantitative estimate of drug-likeness (QED) is 0.211. The maximum atomic E-state index is 5.44. The van der Waals surface area contributed by atoms with Crippen molar-refractivity contribution in [1.82, 2.24) is 10.6 Å². The Morgan fingerprint density at radius 1 is 1.16 bits per heavy atom. The molecule has 0 aromatic heterocycles. The number of rotatable bonds is 10. The van der Waals surface area contributed by atoms with Gasteiger partial charge in [0.25, 0.3) is 0 Å². The molecule has 1 aromatic carbocycles. The molecule has 0 aliphatic rings. The average molecular weight is 528 g/mol. The summed E-state index contributed by atoms with van der Waals surface area (Å²) in [6, 6.07) is 8.33. The molecule has 1 aromatic rings. The second-order valence-corrected chi connectivity index (χ2v) is 7.03. The lowest BCUT2D eigenvalue weighted by Crippen LogP contribution is -2.44. The Kier molecular flexibility index (Phi) is 13.6. The molecule has 0 saturated carbocycles. The Balaban J connectivity index is 0.00000576. The highest BCUT2D eigenvalue weighted by Gasteiger charge is 2.23. The van der Waals surface area contributed by atoms with Crippen molar-refractivity contribution in [3.63, 3.8) is 0 Å². The van der Waals surface area contributed by atoms with Crippen LogP contribution in [0, 0.1) is 0 Å². The van der Waals surface area contributed by atoms with E-state index >= 15 is 0 Å². The van der Waals surface area contributed by atoms with Gasteiger partial charge in [0.05, 0.1) is 13.2 Å². The SMILES string of the molecule is CN=C(NCCCOCCOC)NCC(C)(C)c1ccccc1Br.I. The fourth-order valence-electron chi connectivity index (χ4n) is 2.26. The van der Waals surface area contributed by atoms with E-state index in [9.17, 15) is 0 Å². The maximum Gasteiger partial charge on any atom is 0.191 e. The second kappa shape index (κ2) is 13.8. The number of methoxy groups -OCH3 is 1. The molecule has 0 spiro atoms. The van der Waals surface area contributed by atoms with E-state index in [0.717, 1.165) is 36.5 Å². The van der Waals surface area contributed by atoms with Crippen LogP contribution in [-0.4, -0.2) is 53.0 Å². The van der Waals surface area contributed by atoms with Crippen molar-refractivity contribution in [3.05, 3.63) is 34.3 Å². The van der Waals surface area contributed by atoms with Crippen molar-refractivity contribution in [1.29, 1.82) is 0 Å². The van der Waals surface area contributed by atoms with Crippen LogP contribution in [0.15, 0.2) is 33.7 Å². The third-order valence-corrected chi connectivity index (χ3v) is 4.41. The highest BCUT2D eigenvalue weighted by atomic mass is 127. The van der Waals surface area contributed by atoms with E-state index in [2.05, 4.69) is 63.6 Å². The van der Waals surface area contributed by atoms with Gasteiger partial charge in [-0.25, -0.2) is 0 Å². The summed E-state index contributed by atoms with van der Waals surface area (Å²) in [7, 11) is 3.46. The Morgan fingerprint density at radius 3 is 2.52 bits per heavy atom. The van der Waals surface area contributed by atoms with Gasteiger partial charge in [-0.2, -0.15) is 0 Å². The van der Waals surface area contributed by atoms with Gasteiger partial charge in [0, 0.05) is 43.7 Å². The Morgan fingerprint density at radius 2 is 1.88 bits per heavy atom. The number of nitrogens with one attached hydrogen (secondary N) is 2. The van der Waals surface area contributed by atoms with Gasteiger partial charge in [-0.15, -0.1) is 24.0 Å². The maximum absolute atomic E-state index is 5.44. The van der Waals surface area contributed by atoms with Crippen molar-refractivity contribution in [2.45, 2.75) is 25.7 Å². The summed E-state index contributed by atoms with van der Waals surface area (Å²) in [5.74, 6) is 0.812. The molecule has 0 bridgehead atoms. The Hall–Kier alpha value is -0.380. The van der Waals surface area contributed by atoms with Crippen LogP contribution < -0.4 is 10.6 Å². The van der Waals surface area contributed by atoms with Crippen molar-refractivity contribution in [2.24, 2.45) is 4.99 Å². The zero-order chi connectivity index (χ0) is 17.8. The third-order valence-electron chi connectivity index (χ3n) is 3.71. The van der Waals surface area contributed by atoms with Crippen molar-refractivity contribution in [3.8, 4) is 0 Å². The van der Waals surface area contributed by atoms with Crippen LogP contribution >= 0.6 is 39.9 Å². The second-order valence-electron chi connectivity index (χ2n) is 6.17. The van der Waals surface area contributed by atoms with Crippen molar-refractivity contribution >= 4 is 45.9 Å². The summed E-state index contributed by atoms with van der Waals surface area (Å²) in [6.45, 7) is 8.05. The van der Waals surface area contributed by atoms with Crippen LogP contribution in [0.3, 0.4) is 0 Å². The van der Waals surface area contributed by atoms with Crippen LogP contribution in [0.25, 0.3) is 0 Å². The molecule has 0 atom stereocenters. The number of benzene rings is 1. The lowest BCUT2D eigenvalue weighted by molar-refractivity contribution is 0.0698. The first-order chi connectivity index (χ1) is 11.5. The number of ether oxygens (including phenoxy) is 2. The number of hydrogen-bond donors (Lipinski definition) is 2. The normalized spacial score (nSPS) is 11.8. The molecule has 0 amide bonds. The molecule has 1 rings (SSSR count). The van der Waals surface area contributed by atoms with Crippen LogP contribution in [0.5, 0.6) is 0 Å². The van der Waals surface area contributed by atoms with Crippen LogP contribution in [-0.2, 0) is 14.9 Å². The molecule has 5 nitrogen and oxygen atoms in total. The Bertz CT molecular complexity index is 513. The number of hydrogen-bond acceptors (Lipinski definition) is 3. The van der Waals surface area contributed by atoms with E-state index in [1.54, 1.807) is 14.2 Å². The molecular weight excluding hydrogens is 497 g/mol. The van der Waals surface area contributed by atoms with E-state index in [-0.39, 0.29) is 29.4 Å². The lowest BCUT2D eigenvalue weighted by Gasteiger charge is -2.27. The van der Waals surface area contributed by atoms with Gasteiger partial charge in [-0.1, -0.05) is 48.0 Å². The van der Waals surface area contributed by atoms with E-state index in [0.29, 0.717) is 13.2 Å². The molecule has 0 radical (unpaired) electrons. The standard InChI is InChI=1S/C18H30BrN3O2.HI/c1-18(2,15-8-5-6-9-16(15)19)14-22-17(20-3)21-10-7-11-24-13-12-23-4;/h5-6,8-9H,7,10-14H2,1-4H3,(H2,20,21,22);1H. The number of aliphatic imine (C=N–C) groups is 1. The van der Waals surface area contributed by atoms with E-state index in [1.165, 1.54) is 5.56 Å². The number of guanidine groups is 1. The summed E-state index contributed by atoms with van der Waals surface area (Å²) in [4.78, 5) is 4.28. The van der Waals surface area contributed by atoms with Crippen LogP contribution in [0.4, 0.5) is 0 Å². The fourth-order valence-corrected chi connectivity index (χ4v) is 3.08. The van der Waals surface area contributed by atoms with Crippen LogP contribution in [0.1, 0.15) is 25.8 Å². The fraction of sp³-hybridized carbons (Fsp3) is 0.611. The smallest absolute Gasteiger partial charge is 0.191 e. The Labute approximate surface area is 177 Å². The summed E-state index contributed by atoms with van der Waals surface area (Å²) in [5, 5.41) is 6.72. The summed E-state index contributed by atoms with van der Waals surface area (Å²) in [5.41, 5.74) is 1.26. The summed E-state index contributed by atoms with van der Waals surface area (Å²) < 4.78 is 11.5. The predicted octanol–water partition coefficient (Wildman–Crippen LogP) is 3.56. The highest BCUT2D eigenvalue weighted by molar-refractivity contribution is 14.0. The minimum atomic E-state index is -0.0129. The van der Waals surface area contributed by atoms with E-state index < -0.39 is 0 Å². The van der Waals surface area contributed by atoms with Crippen molar-refractivity contribution in [2.75, 3.05) is 47.1 Å². The predicted molar refractivity (Wildman–Crippen MR) is 119 cm³/mol. The minimum absolute atomic E-state index is 0. The molecular formula is C18H31BrIN3O2. The largest absolute Gasteiger partial charge is 0.382 e. The molecule has 0 aliphatic carbocycles. The minimum Gasteiger partial charge on any atom is -0.382 e. The highest BCUT2D eigenvalue weighted by Crippen LogP contribution is 2.29. The third kappa shape index (κ3) is 9.77. The zero-order valence-electron chi connectivity index (χ0n) is 15.6. The topological polar surface area (TPSA) is 54.9 Å². The molecule has 2 N–H and O–H groups in total. The summed E-state index contributed by atoms with van der Waals surface area (Å²) >= 11 is 3.64. The first-order valence-electron chi connectivity index (χ1n) is 8.27. The molecule has 0 fully saturated rings. The van der Waals surface area contributed by atoms with E-state index in [1.807, 2.05) is 6.07 Å². The molecule has 25 heavy (non-hydrogen) atoms. The van der Waals surface area contributed by atoms with Gasteiger partial charge in [0.1, 0.15) is 0 Å². The molecule has 7 heteroatoms. The van der Waals surface area contributed by atoms with Gasteiger partial charge in [0.2, 0.25) is 0 Å². The van der Waals surface area contributed by atoms with Crippen LogP contribution in [0.2, 0.25) is 0 Å². The van der Waals surface area contributed by atoms with Gasteiger partial charge in [-0.05, 0) is 18.1 Å². The van der Waals surface area contributed by atoms with Crippen molar-refractivity contribution < 1.29 is 9.47 Å². The first-order valence-corrected chi connectivity index (χ1v) is 9.07. The zero-order valence-corrected chi connectivity index (χ0v) is 19.5. The van der Waals surface area contributed by atoms with Gasteiger partial charge in [0.15, 0.2) is 5.96 Å². The lowest BCUT2D eigenvalue weighted by atomic mass is 9.84. The number of nitrogens with zero attached hydrogens (tertiary/aromatic N) is 1. The van der Waals surface area contributed by atoms with Gasteiger partial charge in [-0.3, -0.25) is 4.99 Å². The summed E-state index contributed by atoms with van der Waals surface area (Å²) in [6.07, 6.45) is 0.929. The molecule has 0 heterocycles. The monoisotopic (exact) mass is 527 g/mol. The van der Waals surface area contributed by atoms with Gasteiger partial charge < -0.3 is 20.1 Å². The molecule has 144 valence electrons. The molecule has 0 aliphatic heterocycles.